The lowest BCUT2D eigenvalue weighted by atomic mass is 9.47. The molecule has 7 fully saturated rings. The van der Waals surface area contributed by atoms with Crippen LogP contribution in [0.25, 0.3) is 0 Å². The number of carbonyl (C=O) groups is 1. The molecule has 10 aliphatic carbocycles. The van der Waals surface area contributed by atoms with Crippen LogP contribution in [0.1, 0.15) is 257 Å². The molecule has 0 N–H and O–H groups in total. The van der Waals surface area contributed by atoms with Gasteiger partial charge in [-0.2, -0.15) is 0 Å². The molecule has 0 aromatic rings. The highest BCUT2D eigenvalue weighted by Gasteiger charge is 2.60. The molecular weight excluding hydrogens is 995 g/mol. The number of carbonyl (C=O) groups excluding carboxylic acids is 1. The van der Waals surface area contributed by atoms with E-state index in [0.29, 0.717) is 58.4 Å². The van der Waals surface area contributed by atoms with E-state index in [9.17, 15) is 4.79 Å². The Labute approximate surface area is 492 Å². The molecule has 0 aliphatic heterocycles. The maximum atomic E-state index is 12.6. The van der Waals surface area contributed by atoms with Gasteiger partial charge in [0, 0.05) is 12.3 Å². The zero-order chi connectivity index (χ0) is 56.7. The number of allylic oxidation sites excluding steroid dienone is 9. The lowest BCUT2D eigenvalue weighted by molar-refractivity contribution is -0.115. The molecule has 0 aromatic carbocycles. The maximum absolute atomic E-state index is 12.6. The van der Waals surface area contributed by atoms with Crippen molar-refractivity contribution in [3.8, 4) is 0 Å². The third-order valence-electron chi connectivity index (χ3n) is 22.8. The minimum absolute atomic E-state index is 0. The van der Waals surface area contributed by atoms with Crippen LogP contribution >= 0.6 is 23.8 Å². The summed E-state index contributed by atoms with van der Waals surface area (Å²) in [5.41, 5.74) is 8.76. The number of hydrogen-bond donors (Lipinski definition) is 0. The largest absolute Gasteiger partial charge is 0.495 e. The number of ketones is 1. The summed E-state index contributed by atoms with van der Waals surface area (Å²) >= 11 is 2.36. The van der Waals surface area contributed by atoms with Gasteiger partial charge in [-0.15, -0.1) is 0 Å². The topological polar surface area (TPSA) is 54.0 Å². The molecule has 7 saturated carbocycles. The molecule has 9 heteroatoms. The minimum atomic E-state index is 0. The smallest absolute Gasteiger partial charge is 0.209 e. The van der Waals surface area contributed by atoms with Crippen LogP contribution in [-0.4, -0.2) is 47.0 Å². The Morgan fingerprint density at radius 3 is 1.60 bits per heavy atom. The zero-order valence-corrected chi connectivity index (χ0v) is 52.4. The molecule has 0 aromatic heterocycles. The second-order valence-electron chi connectivity index (χ2n) is 28.4. The van der Waals surface area contributed by atoms with Crippen molar-refractivity contribution in [1.82, 2.24) is 0 Å². The Hall–Kier alpha value is -1.54. The van der Waals surface area contributed by atoms with Crippen molar-refractivity contribution in [3.05, 3.63) is 69.8 Å². The third-order valence-corrected chi connectivity index (χ3v) is 23.5. The Balaban J connectivity index is 0.000000193. The monoisotopic (exact) mass is 1110 g/mol. The molecular formula is C69H112B2O5S2. The SMILES string of the molecule is C.C/C(=C/CC(C)C)OC1CCCCC1.[3H][B]SO[C@H]1CC[C@@]2(C)C(=CC[C@@H]3[C@@H]2CC[C@]2(C)/C(=C\C)C(=O)C[C@@H]32)C1.[3H][B]SO[C@H]1CC[C@@]2(C)C(=CC[C@@H]3[C@@H]2CC[C@]2(C)C([C@H](C)/C(=C/CC(C)C)OC4CCCCC4)=C(C)C[C@@H]32)C1. The highest BCUT2D eigenvalue weighted by atomic mass is 32.2. The molecule has 0 heterocycles. The van der Waals surface area contributed by atoms with E-state index >= 15 is 0 Å². The fraction of sp³-hybridized carbons (Fsp3) is 0.812. The third kappa shape index (κ3) is 13.8. The molecule has 0 bridgehead atoms. The van der Waals surface area contributed by atoms with E-state index in [1.165, 1.54) is 141 Å². The van der Waals surface area contributed by atoms with Crippen molar-refractivity contribution in [2.24, 2.45) is 74.9 Å². The van der Waals surface area contributed by atoms with Crippen LogP contribution in [0.4, 0.5) is 0 Å². The Kier molecular flexibility index (Phi) is 21.8. The average molecular weight is 1110 g/mol. The number of fused-ring (bicyclic) bond motifs is 10. The summed E-state index contributed by atoms with van der Waals surface area (Å²) in [6.07, 6.45) is 44.9. The second-order valence-corrected chi connectivity index (χ2v) is 29.2. The van der Waals surface area contributed by atoms with E-state index in [4.69, 9.17) is 20.5 Å². The van der Waals surface area contributed by atoms with Crippen LogP contribution in [0, 0.1) is 74.9 Å². The van der Waals surface area contributed by atoms with Crippen LogP contribution in [0.2, 0.25) is 0 Å². The highest BCUT2D eigenvalue weighted by molar-refractivity contribution is 8.16. The number of ether oxygens (including phenoxy) is 2. The van der Waals surface area contributed by atoms with Crippen LogP contribution in [-0.2, 0) is 22.6 Å². The molecule has 13 atom stereocenters. The quantitative estimate of drug-likeness (QED) is 0.0502. The molecule has 0 amide bonds. The van der Waals surface area contributed by atoms with Gasteiger partial charge in [0.05, 0.1) is 35.9 Å². The van der Waals surface area contributed by atoms with Gasteiger partial charge >= 0.3 is 0 Å². The van der Waals surface area contributed by atoms with Gasteiger partial charge in [0.15, 0.2) is 5.78 Å². The normalized spacial score (nSPS) is 38.2. The van der Waals surface area contributed by atoms with Crippen molar-refractivity contribution in [2.45, 2.75) is 282 Å². The Bertz CT molecular complexity index is 2250. The lowest BCUT2D eigenvalue weighted by Crippen LogP contribution is -2.50. The van der Waals surface area contributed by atoms with E-state index in [-0.39, 0.29) is 30.5 Å². The molecule has 2 radical (unpaired) electrons. The first-order valence-corrected chi connectivity index (χ1v) is 33.4. The summed E-state index contributed by atoms with van der Waals surface area (Å²) < 4.78 is 39.0. The van der Waals surface area contributed by atoms with Gasteiger partial charge in [-0.25, -0.2) is 0 Å². The van der Waals surface area contributed by atoms with Gasteiger partial charge in [0.1, 0.15) is 0 Å². The predicted octanol–water partition coefficient (Wildman–Crippen LogP) is 19.5. The molecule has 0 saturated heterocycles. The first-order chi connectivity index (χ1) is 37.8. The first kappa shape index (κ1) is 61.0. The van der Waals surface area contributed by atoms with Gasteiger partial charge in [0.2, 0.25) is 14.2 Å². The molecule has 78 heavy (non-hydrogen) atoms. The predicted molar refractivity (Wildman–Crippen MR) is 337 cm³/mol. The standard InChI is InChI=1S/C34H54BO2S.C21H30BO2S.C13H24O.CH4/c1-22(2)12-15-31(36-26-10-8-7-9-11-26)24(4)32-23(3)20-30-28-14-13-25-21-27(37-38-35)16-18-33(25,5)29(28)17-19-34(30,32)6;1-4-16-19(23)12-18-15-6-5-13-11-14(24-25-22)7-9-20(13,2)17(15)8-10-21(16,18)3;1-11(2)9-10-12(3)14-13-7-5-4-6-8-13;/h13,15,22,24,26-30,35H,7-12,14,16-21H2,1-6H3;4-5,14-15,17-18,22H,6-12H2,1-3H3;10-11,13H,4-9H2,1-3H3;1H4/b31-15-;16-4-;12-10-;/t24-,27+,28-,29+,30+,33+,34+;14-,15+,17-,18-,20-,21+;;/m10../s1/i35T;22T;;. The average Bonchev–Trinajstić information content (AvgIpc) is 3.90. The van der Waals surface area contributed by atoms with E-state index in [1.807, 2.05) is 6.92 Å². The Morgan fingerprint density at radius 1 is 0.628 bits per heavy atom. The summed E-state index contributed by atoms with van der Waals surface area (Å²) in [5, 5.41) is 0. The summed E-state index contributed by atoms with van der Waals surface area (Å²) in [6, 6.07) is 0. The highest BCUT2D eigenvalue weighted by Crippen LogP contribution is 2.68. The fourth-order valence-electron chi connectivity index (χ4n) is 18.6. The second kappa shape index (κ2) is 27.9. The molecule has 5 nitrogen and oxygen atoms in total. The van der Waals surface area contributed by atoms with E-state index in [2.05, 4.69) is 107 Å². The van der Waals surface area contributed by atoms with Crippen LogP contribution in [0.5, 0.6) is 0 Å². The van der Waals surface area contributed by atoms with Gasteiger partial charge in [0.25, 0.3) is 0 Å². The minimum Gasteiger partial charge on any atom is -0.495 e. The summed E-state index contributed by atoms with van der Waals surface area (Å²) in [5.74, 6) is 8.83. The van der Waals surface area contributed by atoms with E-state index < -0.39 is 0 Å². The van der Waals surface area contributed by atoms with Crippen molar-refractivity contribution in [2.75, 3.05) is 0 Å². The van der Waals surface area contributed by atoms with Gasteiger partial charge in [-0.1, -0.05) is 147 Å². The molecule has 10 aliphatic rings. The van der Waals surface area contributed by atoms with E-state index in [0.717, 1.165) is 105 Å². The van der Waals surface area contributed by atoms with Crippen molar-refractivity contribution >= 4 is 43.7 Å². The molecule has 0 unspecified atom stereocenters. The summed E-state index contributed by atoms with van der Waals surface area (Å²) in [4.78, 5) is 12.6. The lowest BCUT2D eigenvalue weighted by Gasteiger charge is -2.58. The van der Waals surface area contributed by atoms with Gasteiger partial charge in [-0.3, -0.25) is 4.79 Å². The summed E-state index contributed by atoms with van der Waals surface area (Å²) in [6.45, 7) is 28.3. The first-order valence-electron chi connectivity index (χ1n) is 33.0. The molecule has 10 rings (SSSR count). The van der Waals surface area contributed by atoms with E-state index in [1.54, 1.807) is 22.3 Å². The van der Waals surface area contributed by atoms with Crippen LogP contribution in [0.15, 0.2) is 69.8 Å². The summed E-state index contributed by atoms with van der Waals surface area (Å²) in [7, 11) is 2.59. The van der Waals surface area contributed by atoms with Crippen LogP contribution in [0.3, 0.4) is 0 Å². The maximum Gasteiger partial charge on any atom is 0.209 e. The van der Waals surface area contributed by atoms with Crippen molar-refractivity contribution in [1.29, 1.82) is 2.67 Å². The van der Waals surface area contributed by atoms with Gasteiger partial charge < -0.3 is 17.8 Å². The Morgan fingerprint density at radius 2 is 1.10 bits per heavy atom. The van der Waals surface area contributed by atoms with Crippen molar-refractivity contribution in [3.63, 3.8) is 0 Å². The molecule has 0 spiro atoms. The molecule has 436 valence electrons. The zero-order valence-electron chi connectivity index (χ0n) is 52.8. The van der Waals surface area contributed by atoms with Crippen molar-refractivity contribution < 1.29 is 22.6 Å². The van der Waals surface area contributed by atoms with Gasteiger partial charge in [-0.05, 0) is 258 Å². The number of Topliss-reactive ketones (excluding diaryl/α,β-unsaturated/α-hetero) is 1. The number of hydrogen-bond acceptors (Lipinski definition) is 7. The van der Waals surface area contributed by atoms with Crippen LogP contribution < -0.4 is 0 Å². The fourth-order valence-corrected chi connectivity index (χ4v) is 19.3. The number of rotatable bonds is 16.